The van der Waals surface area contributed by atoms with Crippen molar-refractivity contribution in [2.24, 2.45) is 5.92 Å². The molecular weight excluding hydrogens is 218 g/mol. The van der Waals surface area contributed by atoms with E-state index < -0.39 is 5.60 Å². The lowest BCUT2D eigenvalue weighted by atomic mass is 10.1. The Morgan fingerprint density at radius 3 is 2.94 bits per heavy atom. The lowest BCUT2D eigenvalue weighted by molar-refractivity contribution is 0.00705. The van der Waals surface area contributed by atoms with Gasteiger partial charge in [-0.3, -0.25) is 0 Å². The molecule has 5 nitrogen and oxygen atoms in total. The number of carbonyl (C=O) groups excluding carboxylic acids is 1. The summed E-state index contributed by atoms with van der Waals surface area (Å²) < 4.78 is 7.17. The van der Waals surface area contributed by atoms with Gasteiger partial charge in [0.15, 0.2) is 0 Å². The van der Waals surface area contributed by atoms with Gasteiger partial charge in [-0.1, -0.05) is 6.92 Å². The third-order valence-electron chi connectivity index (χ3n) is 2.56. The highest BCUT2D eigenvalue weighted by atomic mass is 16.6. The second-order valence-electron chi connectivity index (χ2n) is 5.58. The van der Waals surface area contributed by atoms with Gasteiger partial charge in [0.1, 0.15) is 17.0 Å². The van der Waals surface area contributed by atoms with Crippen LogP contribution in [0.3, 0.4) is 0 Å². The fraction of sp³-hybridized carbons (Fsp3) is 0.667. The van der Waals surface area contributed by atoms with Crippen molar-refractivity contribution in [3.63, 3.8) is 0 Å². The molecule has 0 aliphatic carbocycles. The highest BCUT2D eigenvalue weighted by molar-refractivity contribution is 5.94. The molecule has 94 valence electrons. The molecule has 1 N–H and O–H groups in total. The second kappa shape index (κ2) is 4.05. The van der Waals surface area contributed by atoms with Crippen molar-refractivity contribution in [3.05, 3.63) is 11.8 Å². The molecule has 1 unspecified atom stereocenters. The van der Waals surface area contributed by atoms with E-state index in [0.717, 1.165) is 18.9 Å². The molecule has 1 aliphatic heterocycles. The minimum absolute atomic E-state index is 0.319. The monoisotopic (exact) mass is 237 g/mol. The Morgan fingerprint density at radius 2 is 2.29 bits per heavy atom. The molecule has 0 fully saturated rings. The van der Waals surface area contributed by atoms with Crippen LogP contribution < -0.4 is 5.32 Å². The van der Waals surface area contributed by atoms with E-state index in [9.17, 15) is 4.79 Å². The fourth-order valence-corrected chi connectivity index (χ4v) is 1.82. The number of hydrogen-bond donors (Lipinski definition) is 1. The highest BCUT2D eigenvalue weighted by Crippen LogP contribution is 2.23. The molecule has 0 saturated carbocycles. The third kappa shape index (κ3) is 2.60. The molecule has 1 atom stereocenters. The van der Waals surface area contributed by atoms with E-state index in [-0.39, 0.29) is 5.97 Å². The minimum atomic E-state index is -0.478. The maximum Gasteiger partial charge on any atom is 0.344 e. The number of esters is 1. The van der Waals surface area contributed by atoms with Gasteiger partial charge in [-0.05, 0) is 26.7 Å². The molecule has 0 amide bonds. The SMILES string of the molecule is CC1CNc2c(C(=O)OC(C)(C)C)cnn2C1. The van der Waals surface area contributed by atoms with Crippen LogP contribution >= 0.6 is 0 Å². The summed E-state index contributed by atoms with van der Waals surface area (Å²) in [7, 11) is 0. The average molecular weight is 237 g/mol. The summed E-state index contributed by atoms with van der Waals surface area (Å²) in [5, 5.41) is 7.44. The summed E-state index contributed by atoms with van der Waals surface area (Å²) in [5.74, 6) is 0.979. The van der Waals surface area contributed by atoms with Crippen molar-refractivity contribution in [2.45, 2.75) is 39.8 Å². The number of aromatic nitrogens is 2. The number of hydrogen-bond acceptors (Lipinski definition) is 4. The lowest BCUT2D eigenvalue weighted by Gasteiger charge is -2.23. The number of carbonyl (C=O) groups is 1. The van der Waals surface area contributed by atoms with Crippen molar-refractivity contribution in [2.75, 3.05) is 11.9 Å². The topological polar surface area (TPSA) is 56.1 Å². The molecular formula is C12H19N3O2. The van der Waals surface area contributed by atoms with Gasteiger partial charge in [0.05, 0.1) is 6.20 Å². The van der Waals surface area contributed by atoms with Gasteiger partial charge in [-0.2, -0.15) is 5.10 Å². The Balaban J connectivity index is 2.20. The number of ether oxygens (including phenoxy) is 1. The standard InChI is InChI=1S/C12H19N3O2/c1-8-5-13-10-9(6-14-15(10)7-8)11(16)17-12(2,3)4/h6,8,13H,5,7H2,1-4H3. The van der Waals surface area contributed by atoms with E-state index in [1.807, 2.05) is 25.5 Å². The number of fused-ring (bicyclic) bond motifs is 1. The van der Waals surface area contributed by atoms with Gasteiger partial charge in [0, 0.05) is 13.1 Å². The molecule has 2 rings (SSSR count). The maximum absolute atomic E-state index is 12.0. The molecule has 17 heavy (non-hydrogen) atoms. The number of rotatable bonds is 1. The first-order chi connectivity index (χ1) is 7.87. The van der Waals surface area contributed by atoms with Crippen LogP contribution in [0.1, 0.15) is 38.1 Å². The lowest BCUT2D eigenvalue weighted by Crippen LogP contribution is -2.28. The van der Waals surface area contributed by atoms with E-state index >= 15 is 0 Å². The Labute approximate surface area is 101 Å². The van der Waals surface area contributed by atoms with Gasteiger partial charge in [0.2, 0.25) is 0 Å². The van der Waals surface area contributed by atoms with Gasteiger partial charge in [-0.25, -0.2) is 9.48 Å². The smallest absolute Gasteiger partial charge is 0.344 e. The van der Waals surface area contributed by atoms with Crippen molar-refractivity contribution < 1.29 is 9.53 Å². The van der Waals surface area contributed by atoms with Crippen molar-refractivity contribution in [3.8, 4) is 0 Å². The predicted octanol–water partition coefficient (Wildman–Crippen LogP) is 1.90. The quantitative estimate of drug-likeness (QED) is 0.758. The molecule has 1 aromatic rings. The molecule has 2 heterocycles. The van der Waals surface area contributed by atoms with E-state index in [1.54, 1.807) is 6.20 Å². The van der Waals surface area contributed by atoms with Crippen LogP contribution in [0, 0.1) is 5.92 Å². The summed E-state index contributed by atoms with van der Waals surface area (Å²) in [6.45, 7) is 9.42. The number of nitrogens with zero attached hydrogens (tertiary/aromatic N) is 2. The summed E-state index contributed by atoms with van der Waals surface area (Å²) in [4.78, 5) is 12.0. The normalized spacial score (nSPS) is 19.4. The molecule has 5 heteroatoms. The van der Waals surface area contributed by atoms with Gasteiger partial charge < -0.3 is 10.1 Å². The average Bonchev–Trinajstić information content (AvgIpc) is 2.57. The Morgan fingerprint density at radius 1 is 1.59 bits per heavy atom. The van der Waals surface area contributed by atoms with Crippen LogP contribution in [0.2, 0.25) is 0 Å². The zero-order valence-electron chi connectivity index (χ0n) is 10.8. The van der Waals surface area contributed by atoms with Crippen molar-refractivity contribution in [1.82, 2.24) is 9.78 Å². The number of anilines is 1. The summed E-state index contributed by atoms with van der Waals surface area (Å²) in [5.41, 5.74) is 0.0419. The van der Waals surface area contributed by atoms with Gasteiger partial charge >= 0.3 is 5.97 Å². The zero-order valence-corrected chi connectivity index (χ0v) is 10.8. The van der Waals surface area contributed by atoms with Crippen LogP contribution in [0.5, 0.6) is 0 Å². The summed E-state index contributed by atoms with van der Waals surface area (Å²) in [6, 6.07) is 0. The van der Waals surface area contributed by atoms with Gasteiger partial charge in [-0.15, -0.1) is 0 Å². The molecule has 1 aliphatic rings. The molecule has 0 radical (unpaired) electrons. The maximum atomic E-state index is 12.0. The Bertz CT molecular complexity index is 431. The fourth-order valence-electron chi connectivity index (χ4n) is 1.82. The Kier molecular flexibility index (Phi) is 2.85. The third-order valence-corrected chi connectivity index (χ3v) is 2.56. The first-order valence-corrected chi connectivity index (χ1v) is 5.90. The van der Waals surface area contributed by atoms with E-state index in [0.29, 0.717) is 11.5 Å². The number of nitrogens with one attached hydrogen (secondary N) is 1. The Hall–Kier alpha value is -1.52. The molecule has 0 saturated heterocycles. The molecule has 0 bridgehead atoms. The second-order valence-corrected chi connectivity index (χ2v) is 5.58. The largest absolute Gasteiger partial charge is 0.456 e. The minimum Gasteiger partial charge on any atom is -0.456 e. The van der Waals surface area contributed by atoms with Crippen molar-refractivity contribution in [1.29, 1.82) is 0 Å². The summed E-state index contributed by atoms with van der Waals surface area (Å²) in [6.07, 6.45) is 1.58. The van der Waals surface area contributed by atoms with Crippen LogP contribution in [-0.2, 0) is 11.3 Å². The molecule has 1 aromatic heterocycles. The first kappa shape index (κ1) is 12.0. The predicted molar refractivity (Wildman–Crippen MR) is 65.0 cm³/mol. The van der Waals surface area contributed by atoms with E-state index in [1.165, 1.54) is 0 Å². The summed E-state index contributed by atoms with van der Waals surface area (Å²) >= 11 is 0. The van der Waals surface area contributed by atoms with Crippen LogP contribution in [0.15, 0.2) is 6.20 Å². The highest BCUT2D eigenvalue weighted by Gasteiger charge is 2.26. The van der Waals surface area contributed by atoms with E-state index in [4.69, 9.17) is 4.74 Å². The first-order valence-electron chi connectivity index (χ1n) is 5.90. The van der Waals surface area contributed by atoms with E-state index in [2.05, 4.69) is 17.3 Å². The van der Waals surface area contributed by atoms with Crippen LogP contribution in [-0.4, -0.2) is 27.9 Å². The zero-order chi connectivity index (χ0) is 12.6. The molecule has 0 spiro atoms. The van der Waals surface area contributed by atoms with Crippen molar-refractivity contribution >= 4 is 11.8 Å². The van der Waals surface area contributed by atoms with Crippen LogP contribution in [0.4, 0.5) is 5.82 Å². The van der Waals surface area contributed by atoms with Gasteiger partial charge in [0.25, 0.3) is 0 Å². The van der Waals surface area contributed by atoms with Crippen LogP contribution in [0.25, 0.3) is 0 Å². The molecule has 0 aromatic carbocycles.